The smallest absolute Gasteiger partial charge is 0.0454 e. The zero-order chi connectivity index (χ0) is 54.6. The van der Waals surface area contributed by atoms with Crippen molar-refractivity contribution in [1.82, 2.24) is 0 Å². The van der Waals surface area contributed by atoms with Gasteiger partial charge in [0.2, 0.25) is 0 Å². The zero-order valence-corrected chi connectivity index (χ0v) is 47.6. The van der Waals surface area contributed by atoms with Crippen molar-refractivity contribution in [1.29, 1.82) is 0 Å². The van der Waals surface area contributed by atoms with Crippen LogP contribution < -0.4 is 40.0 Å². The van der Waals surface area contributed by atoms with E-state index in [2.05, 4.69) is 228 Å². The van der Waals surface area contributed by atoms with E-state index in [1.165, 1.54) is 77.4 Å². The van der Waals surface area contributed by atoms with Gasteiger partial charge in [0.25, 0.3) is 0 Å². The van der Waals surface area contributed by atoms with E-state index in [4.69, 9.17) is 0 Å². The van der Waals surface area contributed by atoms with Crippen molar-refractivity contribution in [3.63, 3.8) is 0 Å². The second-order valence-electron chi connectivity index (χ2n) is 25.4. The molecule has 76 heavy (non-hydrogen) atoms. The molecule has 0 aromatic heterocycles. The van der Waals surface area contributed by atoms with E-state index >= 15 is 0 Å². The first-order valence-corrected chi connectivity index (χ1v) is 27.5. The van der Waals surface area contributed by atoms with Gasteiger partial charge in [0.15, 0.2) is 0 Å². The van der Waals surface area contributed by atoms with E-state index in [-0.39, 0.29) is 21.7 Å². The predicted octanol–water partition coefficient (Wildman–Crippen LogP) is 10.2. The molecule has 8 nitrogen and oxygen atoms in total. The predicted molar refractivity (Wildman–Crippen MR) is 307 cm³/mol. The standard InChI is InChI=1S/C36H36N2O2.C32H40N2O2/c1-35(2)29(37(5)27-17-15-21-11-7-9-13-23(21)31(27)35)19-25-33(39)26(34(25)40)20-30-36(3,4)32-24-14-10-8-12-22(24)16-18-28(32)38(30)6;1-17-11-23-25(13-19(17)3)33(9)27(31(23,5)6)15-21-29(35)22(30(21)36)16-28-32(7,8)24-12-18(2)20(4)14-26(24)34(28)10/h7-20,25-26,33-34H,1-6H3;11-16,21-22,29-30H,1-10H3/q2*-2. The molecule has 0 saturated heterocycles. The summed E-state index contributed by atoms with van der Waals surface area (Å²) in [5.41, 5.74) is 17.9. The molecule has 2 fully saturated rings. The topological polar surface area (TPSA) is 105 Å². The minimum Gasteiger partial charge on any atom is -0.851 e. The molecule has 6 aromatic carbocycles. The number of anilines is 4. The summed E-state index contributed by atoms with van der Waals surface area (Å²) in [5.74, 6) is -2.11. The van der Waals surface area contributed by atoms with Crippen LogP contribution in [-0.2, 0) is 21.7 Å². The van der Waals surface area contributed by atoms with Crippen molar-refractivity contribution >= 4 is 44.3 Å². The molecule has 0 amide bonds. The van der Waals surface area contributed by atoms with Crippen LogP contribution in [0.3, 0.4) is 0 Å². The maximum atomic E-state index is 13.7. The largest absolute Gasteiger partial charge is 0.851 e. The van der Waals surface area contributed by atoms with Gasteiger partial charge in [-0.3, -0.25) is 0 Å². The summed E-state index contributed by atoms with van der Waals surface area (Å²) < 4.78 is 0. The van der Waals surface area contributed by atoms with Gasteiger partial charge in [-0.05, 0) is 142 Å². The van der Waals surface area contributed by atoms with Crippen LogP contribution in [0.5, 0.6) is 0 Å². The Labute approximate surface area is 452 Å². The summed E-state index contributed by atoms with van der Waals surface area (Å²) in [6, 6.07) is 34.5. The summed E-state index contributed by atoms with van der Waals surface area (Å²) in [4.78, 5) is 8.73. The first-order chi connectivity index (χ1) is 35.7. The molecule has 6 aromatic rings. The highest BCUT2D eigenvalue weighted by Crippen LogP contribution is 2.55. The molecule has 0 spiro atoms. The van der Waals surface area contributed by atoms with Crippen molar-refractivity contribution < 1.29 is 20.4 Å². The third kappa shape index (κ3) is 7.44. The van der Waals surface area contributed by atoms with Crippen LogP contribution in [0.2, 0.25) is 0 Å². The summed E-state index contributed by atoms with van der Waals surface area (Å²) >= 11 is 0. The van der Waals surface area contributed by atoms with Crippen molar-refractivity contribution in [2.45, 2.75) is 129 Å². The van der Waals surface area contributed by atoms with Crippen molar-refractivity contribution in [2.24, 2.45) is 23.7 Å². The molecule has 4 heterocycles. The summed E-state index contributed by atoms with van der Waals surface area (Å²) in [6.07, 6.45) is 4.23. The highest BCUT2D eigenvalue weighted by atomic mass is 16.3. The SMILES string of the molecule is CN1C(=CC2C([O-])C(C=C3N(C)c4ccc5ccccc5c4C3(C)C)C2[O-])C(C)(C)c2c1ccc1ccccc21.Cc1cc2c(cc1C)C(C)(C)C(=CC1C([O-])C(C=C3N(C)c4cc(C)c(C)cc4C3(C)C)C1[O-])N2C. The van der Waals surface area contributed by atoms with Crippen LogP contribution >= 0.6 is 0 Å². The third-order valence-electron chi connectivity index (χ3n) is 19.5. The summed E-state index contributed by atoms with van der Waals surface area (Å²) in [6.45, 7) is 26.2. The first kappa shape index (κ1) is 51.9. The third-order valence-corrected chi connectivity index (χ3v) is 19.5. The monoisotopic (exact) mass is 1010 g/mol. The average molecular weight is 1010 g/mol. The van der Waals surface area contributed by atoms with Crippen LogP contribution in [0.4, 0.5) is 22.7 Å². The molecular formula is C68H76N4O4-4. The quantitative estimate of drug-likeness (QED) is 0.172. The van der Waals surface area contributed by atoms with Crippen LogP contribution in [0.25, 0.3) is 21.5 Å². The molecule has 0 unspecified atom stereocenters. The fourth-order valence-electron chi connectivity index (χ4n) is 14.5. The molecule has 0 radical (unpaired) electrons. The van der Waals surface area contributed by atoms with Gasteiger partial charge in [0, 0.05) is 95.4 Å². The number of benzene rings is 6. The van der Waals surface area contributed by atoms with Gasteiger partial charge in [-0.1, -0.05) is 152 Å². The Morgan fingerprint density at radius 3 is 0.961 bits per heavy atom. The number of hydrogen-bond acceptors (Lipinski definition) is 8. The van der Waals surface area contributed by atoms with E-state index in [1.807, 2.05) is 24.3 Å². The van der Waals surface area contributed by atoms with E-state index < -0.39 is 48.1 Å². The maximum Gasteiger partial charge on any atom is 0.0454 e. The maximum absolute atomic E-state index is 13.7. The average Bonchev–Trinajstić information content (AvgIpc) is 3.87. The van der Waals surface area contributed by atoms with E-state index in [0.717, 1.165) is 34.2 Å². The molecule has 0 N–H and O–H groups in total. The van der Waals surface area contributed by atoms with Gasteiger partial charge in [0.05, 0.1) is 0 Å². The fourth-order valence-corrected chi connectivity index (χ4v) is 14.5. The van der Waals surface area contributed by atoms with Gasteiger partial charge >= 0.3 is 0 Å². The van der Waals surface area contributed by atoms with Gasteiger partial charge in [0.1, 0.15) is 0 Å². The molecule has 0 bridgehead atoms. The van der Waals surface area contributed by atoms with E-state index in [1.54, 1.807) is 0 Å². The van der Waals surface area contributed by atoms with Gasteiger partial charge in [-0.15, -0.1) is 24.4 Å². The Kier molecular flexibility index (Phi) is 12.1. The number of hydrogen-bond donors (Lipinski definition) is 0. The Balaban J connectivity index is 0.000000163. The zero-order valence-electron chi connectivity index (χ0n) is 47.6. The fraction of sp³-hybridized carbons (Fsp3) is 0.412. The van der Waals surface area contributed by atoms with Crippen molar-refractivity contribution in [3.8, 4) is 0 Å². The first-order valence-electron chi connectivity index (χ1n) is 27.5. The number of rotatable bonds is 4. The lowest BCUT2D eigenvalue weighted by molar-refractivity contribution is -0.550. The molecular weight excluding hydrogens is 937 g/mol. The van der Waals surface area contributed by atoms with Crippen LogP contribution in [0, 0.1) is 51.4 Å². The highest BCUT2D eigenvalue weighted by Gasteiger charge is 2.47. The second-order valence-corrected chi connectivity index (χ2v) is 25.4. The summed E-state index contributed by atoms with van der Waals surface area (Å²) in [7, 11) is 8.24. The number of fused-ring (bicyclic) bond motifs is 8. The van der Waals surface area contributed by atoms with Crippen molar-refractivity contribution in [2.75, 3.05) is 47.8 Å². The summed E-state index contributed by atoms with van der Waals surface area (Å²) in [5, 5.41) is 59.3. The Morgan fingerprint density at radius 1 is 0.355 bits per heavy atom. The Morgan fingerprint density at radius 2 is 0.632 bits per heavy atom. The normalized spacial score (nSPS) is 29.2. The van der Waals surface area contributed by atoms with Gasteiger partial charge in [-0.2, -0.15) is 0 Å². The van der Waals surface area contributed by atoms with Crippen LogP contribution in [-0.4, -0.2) is 52.6 Å². The molecule has 8 heteroatoms. The lowest BCUT2D eigenvalue weighted by atomic mass is 9.66. The minimum absolute atomic E-state index is 0.240. The molecule has 6 aliphatic rings. The number of likely N-dealkylation sites (N-methyl/N-ethyl adjacent to an activating group) is 4. The molecule has 12 rings (SSSR count). The Bertz CT molecular complexity index is 3270. The van der Waals surface area contributed by atoms with Gasteiger partial charge in [-0.25, -0.2) is 0 Å². The number of allylic oxidation sites excluding steroid dienone is 4. The van der Waals surface area contributed by atoms with Crippen molar-refractivity contribution in [3.05, 3.63) is 189 Å². The molecule has 2 saturated carbocycles. The minimum atomic E-state index is -0.961. The van der Waals surface area contributed by atoms with Crippen LogP contribution in [0.15, 0.2) is 144 Å². The highest BCUT2D eigenvalue weighted by molar-refractivity contribution is 5.96. The molecule has 4 aliphatic heterocycles. The second kappa shape index (κ2) is 17.7. The van der Waals surface area contributed by atoms with Crippen LogP contribution in [0.1, 0.15) is 99.9 Å². The van der Waals surface area contributed by atoms with E-state index in [9.17, 15) is 20.4 Å². The number of nitrogens with zero attached hydrogens (tertiary/aromatic N) is 4. The number of aryl methyl sites for hydroxylation is 4. The lowest BCUT2D eigenvalue weighted by Gasteiger charge is -2.60. The molecule has 396 valence electrons. The molecule has 0 atom stereocenters. The Hall–Kier alpha value is -6.16. The molecule has 2 aliphatic carbocycles. The van der Waals surface area contributed by atoms with E-state index in [0.29, 0.717) is 0 Å². The lowest BCUT2D eigenvalue weighted by Crippen LogP contribution is -2.66. The van der Waals surface area contributed by atoms with Gasteiger partial charge < -0.3 is 40.0 Å².